The van der Waals surface area contributed by atoms with E-state index in [0.717, 1.165) is 18.2 Å². The van der Waals surface area contributed by atoms with Crippen LogP contribution in [-0.4, -0.2) is 33.1 Å². The first kappa shape index (κ1) is 16.1. The molecule has 0 heterocycles. The van der Waals surface area contributed by atoms with Crippen LogP contribution in [0.2, 0.25) is 0 Å². The fraction of sp³-hybridized carbons (Fsp3) is 0.455. The summed E-state index contributed by atoms with van der Waals surface area (Å²) in [6.07, 6.45) is -7.17. The molecule has 0 fully saturated rings. The van der Waals surface area contributed by atoms with Gasteiger partial charge in [-0.2, -0.15) is 0 Å². The van der Waals surface area contributed by atoms with Crippen LogP contribution in [-0.2, 0) is 0 Å². The molecule has 19 heavy (non-hydrogen) atoms. The minimum atomic E-state index is -4.86. The smallest absolute Gasteiger partial charge is 0.507 e. The molecule has 0 spiro atoms. The summed E-state index contributed by atoms with van der Waals surface area (Å²) in [5.41, 5.74) is -0.0667. The van der Waals surface area contributed by atoms with Gasteiger partial charge in [-0.3, -0.25) is 0 Å². The highest BCUT2D eigenvalue weighted by Crippen LogP contribution is 2.33. The molecule has 4 nitrogen and oxygen atoms in total. The van der Waals surface area contributed by atoms with E-state index in [1.807, 2.05) is 0 Å². The third-order valence-corrected chi connectivity index (χ3v) is 2.78. The summed E-state index contributed by atoms with van der Waals surface area (Å²) >= 11 is 3.08. The van der Waals surface area contributed by atoms with Crippen molar-refractivity contribution in [3.63, 3.8) is 0 Å². The molecule has 1 aromatic carbocycles. The molecule has 0 aliphatic carbocycles. The monoisotopic (exact) mass is 344 g/mol. The largest absolute Gasteiger partial charge is 0.573 e. The van der Waals surface area contributed by atoms with E-state index in [9.17, 15) is 28.5 Å². The van der Waals surface area contributed by atoms with Crippen molar-refractivity contribution >= 4 is 15.9 Å². The van der Waals surface area contributed by atoms with Gasteiger partial charge in [0.05, 0.1) is 6.10 Å². The maximum Gasteiger partial charge on any atom is 0.573 e. The van der Waals surface area contributed by atoms with Gasteiger partial charge in [-0.05, 0) is 18.6 Å². The van der Waals surface area contributed by atoms with Crippen LogP contribution in [0.25, 0.3) is 0 Å². The van der Waals surface area contributed by atoms with Crippen molar-refractivity contribution in [1.29, 1.82) is 0 Å². The van der Waals surface area contributed by atoms with Crippen molar-refractivity contribution in [2.45, 2.75) is 25.0 Å². The Bertz CT molecular complexity index is 425. The third kappa shape index (κ3) is 4.88. The van der Waals surface area contributed by atoms with Gasteiger partial charge in [-0.1, -0.05) is 15.9 Å². The number of aromatic hydroxyl groups is 1. The Hall–Kier alpha value is -0.990. The molecular weight excluding hydrogens is 333 g/mol. The van der Waals surface area contributed by atoms with Crippen LogP contribution < -0.4 is 4.74 Å². The van der Waals surface area contributed by atoms with Crippen molar-refractivity contribution in [3.05, 3.63) is 23.8 Å². The molecule has 0 amide bonds. The number of rotatable bonds is 5. The van der Waals surface area contributed by atoms with E-state index in [-0.39, 0.29) is 12.0 Å². The predicted molar refractivity (Wildman–Crippen MR) is 64.2 cm³/mol. The molecule has 0 aliphatic heterocycles. The van der Waals surface area contributed by atoms with Crippen LogP contribution >= 0.6 is 15.9 Å². The van der Waals surface area contributed by atoms with E-state index in [4.69, 9.17) is 0 Å². The Kier molecular flexibility index (Phi) is 5.45. The van der Waals surface area contributed by atoms with Gasteiger partial charge in [0.15, 0.2) is 0 Å². The maximum absolute atomic E-state index is 12.0. The van der Waals surface area contributed by atoms with Gasteiger partial charge in [-0.25, -0.2) is 0 Å². The first-order valence-corrected chi connectivity index (χ1v) is 6.37. The molecular formula is C11H12BrF3O4. The Labute approximate surface area is 115 Å². The van der Waals surface area contributed by atoms with Crippen LogP contribution in [0.15, 0.2) is 18.2 Å². The average molecular weight is 345 g/mol. The first-order valence-electron chi connectivity index (χ1n) is 5.25. The lowest BCUT2D eigenvalue weighted by atomic mass is 10.0. The van der Waals surface area contributed by atoms with E-state index in [1.54, 1.807) is 0 Å². The Morgan fingerprint density at radius 2 is 1.89 bits per heavy atom. The molecule has 0 radical (unpaired) electrons. The highest BCUT2D eigenvalue weighted by molar-refractivity contribution is 9.09. The van der Waals surface area contributed by atoms with E-state index >= 15 is 0 Å². The van der Waals surface area contributed by atoms with Crippen LogP contribution in [0, 0.1) is 0 Å². The van der Waals surface area contributed by atoms with Crippen LogP contribution in [0.5, 0.6) is 11.5 Å². The molecule has 3 N–H and O–H groups in total. The van der Waals surface area contributed by atoms with E-state index in [0.29, 0.717) is 5.33 Å². The Morgan fingerprint density at radius 3 is 2.37 bits per heavy atom. The van der Waals surface area contributed by atoms with Crippen molar-refractivity contribution < 1.29 is 33.2 Å². The lowest BCUT2D eigenvalue weighted by Crippen LogP contribution is -2.19. The summed E-state index contributed by atoms with van der Waals surface area (Å²) in [6.45, 7) is 0. The van der Waals surface area contributed by atoms with Gasteiger partial charge in [0.1, 0.15) is 17.6 Å². The van der Waals surface area contributed by atoms with Crippen molar-refractivity contribution in [2.75, 3.05) is 5.33 Å². The van der Waals surface area contributed by atoms with Crippen molar-refractivity contribution in [2.24, 2.45) is 0 Å². The van der Waals surface area contributed by atoms with Gasteiger partial charge in [0.25, 0.3) is 0 Å². The van der Waals surface area contributed by atoms with E-state index < -0.39 is 30.1 Å². The predicted octanol–water partition coefficient (Wildman–Crippen LogP) is 2.47. The molecule has 2 atom stereocenters. The zero-order chi connectivity index (χ0) is 14.6. The Morgan fingerprint density at radius 1 is 1.26 bits per heavy atom. The number of aliphatic hydroxyl groups excluding tert-OH is 2. The quantitative estimate of drug-likeness (QED) is 0.717. The molecule has 1 aromatic rings. The molecule has 2 unspecified atom stereocenters. The first-order chi connectivity index (χ1) is 8.74. The van der Waals surface area contributed by atoms with Gasteiger partial charge < -0.3 is 20.1 Å². The number of halogens is 4. The number of phenols is 1. The van der Waals surface area contributed by atoms with Crippen molar-refractivity contribution in [3.8, 4) is 11.5 Å². The molecule has 0 aromatic heterocycles. The fourth-order valence-corrected chi connectivity index (χ4v) is 1.92. The molecule has 8 heteroatoms. The van der Waals surface area contributed by atoms with Crippen molar-refractivity contribution in [1.82, 2.24) is 0 Å². The summed E-state index contributed by atoms with van der Waals surface area (Å²) in [7, 11) is 0. The molecule has 0 saturated heterocycles. The molecule has 1 rings (SSSR count). The third-order valence-electron chi connectivity index (χ3n) is 2.32. The minimum Gasteiger partial charge on any atom is -0.507 e. The number of benzene rings is 1. The maximum atomic E-state index is 12.0. The Balaban J connectivity index is 2.88. The standard InChI is InChI=1S/C11H12BrF3O4/c12-4-3-8(16)10(18)7-2-1-6(5-9(7)17)19-11(13,14)15/h1-2,5,8,10,16-18H,3-4H2. The van der Waals surface area contributed by atoms with Gasteiger partial charge in [0.2, 0.25) is 0 Å². The van der Waals surface area contributed by atoms with Gasteiger partial charge >= 0.3 is 6.36 Å². The number of aliphatic hydroxyl groups is 2. The number of ether oxygens (including phenoxy) is 1. The van der Waals surface area contributed by atoms with E-state index in [1.165, 1.54) is 0 Å². The normalized spacial score (nSPS) is 15.1. The van der Waals surface area contributed by atoms with Crippen LogP contribution in [0.4, 0.5) is 13.2 Å². The summed E-state index contributed by atoms with van der Waals surface area (Å²) in [4.78, 5) is 0. The highest BCUT2D eigenvalue weighted by atomic mass is 79.9. The molecule has 0 aliphatic rings. The average Bonchev–Trinajstić information content (AvgIpc) is 2.26. The summed E-state index contributed by atoms with van der Waals surface area (Å²) in [5.74, 6) is -1.18. The summed E-state index contributed by atoms with van der Waals surface area (Å²) in [6, 6.07) is 2.75. The summed E-state index contributed by atoms with van der Waals surface area (Å²) < 4.78 is 39.5. The fourth-order valence-electron chi connectivity index (χ4n) is 1.45. The second kappa shape index (κ2) is 6.44. The van der Waals surface area contributed by atoms with Gasteiger partial charge in [-0.15, -0.1) is 13.2 Å². The second-order valence-corrected chi connectivity index (χ2v) is 4.55. The van der Waals surface area contributed by atoms with Crippen LogP contribution in [0.1, 0.15) is 18.1 Å². The summed E-state index contributed by atoms with van der Waals surface area (Å²) in [5, 5.41) is 29.3. The van der Waals surface area contributed by atoms with Gasteiger partial charge in [0, 0.05) is 17.0 Å². The lowest BCUT2D eigenvalue weighted by Gasteiger charge is -2.19. The van der Waals surface area contributed by atoms with Crippen LogP contribution in [0.3, 0.4) is 0 Å². The number of hydrogen-bond acceptors (Lipinski definition) is 4. The zero-order valence-corrected chi connectivity index (χ0v) is 11.1. The number of phenolic OH excluding ortho intramolecular Hbond substituents is 1. The second-order valence-electron chi connectivity index (χ2n) is 3.76. The topological polar surface area (TPSA) is 69.9 Å². The highest BCUT2D eigenvalue weighted by Gasteiger charge is 2.31. The molecule has 0 saturated carbocycles. The minimum absolute atomic E-state index is 0.0667. The number of alkyl halides is 4. The lowest BCUT2D eigenvalue weighted by molar-refractivity contribution is -0.274. The zero-order valence-electron chi connectivity index (χ0n) is 9.56. The molecule has 0 bridgehead atoms. The molecule has 108 valence electrons. The SMILES string of the molecule is Oc1cc(OC(F)(F)F)ccc1C(O)C(O)CCBr. The number of hydrogen-bond donors (Lipinski definition) is 3. The van der Waals surface area contributed by atoms with E-state index in [2.05, 4.69) is 20.7 Å².